The Kier molecular flexibility index (Phi) is 6.40. The monoisotopic (exact) mass is 429 g/mol. The summed E-state index contributed by atoms with van der Waals surface area (Å²) in [5.41, 5.74) is 1.13. The van der Waals surface area contributed by atoms with E-state index in [4.69, 9.17) is 9.47 Å². The van der Waals surface area contributed by atoms with Gasteiger partial charge in [-0.2, -0.15) is 9.36 Å². The summed E-state index contributed by atoms with van der Waals surface area (Å²) in [7, 11) is 1.63. The molecule has 4 rings (SSSR count). The van der Waals surface area contributed by atoms with E-state index in [1.807, 2.05) is 23.1 Å². The maximum atomic E-state index is 11.9. The molecule has 11 heteroatoms. The van der Waals surface area contributed by atoms with E-state index in [0.717, 1.165) is 36.6 Å². The highest BCUT2D eigenvalue weighted by atomic mass is 32.1. The fraction of sp³-hybridized carbons (Fsp3) is 0.368. The van der Waals surface area contributed by atoms with Crippen LogP contribution in [0, 0.1) is 0 Å². The van der Waals surface area contributed by atoms with Gasteiger partial charge in [-0.15, -0.1) is 0 Å². The number of nitrogens with one attached hydrogen (secondary N) is 2. The molecule has 10 nitrogen and oxygen atoms in total. The van der Waals surface area contributed by atoms with Crippen molar-refractivity contribution < 1.29 is 14.3 Å². The van der Waals surface area contributed by atoms with Gasteiger partial charge in [-0.25, -0.2) is 4.98 Å². The number of hydrogen-bond donors (Lipinski definition) is 2. The molecular formula is C19H23N7O3S. The van der Waals surface area contributed by atoms with E-state index in [9.17, 15) is 4.79 Å². The quantitative estimate of drug-likeness (QED) is 0.463. The Morgan fingerprint density at radius 2 is 2.23 bits per heavy atom. The number of carbonyl (C=O) groups excluding carboxylic acids is 1. The Hall–Kier alpha value is -3.18. The number of benzene rings is 1. The highest BCUT2D eigenvalue weighted by molar-refractivity contribution is 7.09. The Labute approximate surface area is 178 Å². The maximum Gasteiger partial charge on any atom is 0.248 e. The summed E-state index contributed by atoms with van der Waals surface area (Å²) in [6, 6.07) is 5.95. The van der Waals surface area contributed by atoms with Gasteiger partial charge in [0.2, 0.25) is 23.8 Å². The largest absolute Gasteiger partial charge is 0.454 e. The number of hydrogen-bond acceptors (Lipinski definition) is 9. The van der Waals surface area contributed by atoms with Crippen LogP contribution >= 0.6 is 11.5 Å². The van der Waals surface area contributed by atoms with E-state index in [-0.39, 0.29) is 19.2 Å². The third-order valence-corrected chi connectivity index (χ3v) is 5.34. The van der Waals surface area contributed by atoms with E-state index < -0.39 is 0 Å². The lowest BCUT2D eigenvalue weighted by molar-refractivity contribution is -0.119. The number of amides is 1. The zero-order valence-electron chi connectivity index (χ0n) is 16.6. The second-order valence-electron chi connectivity index (χ2n) is 6.66. The van der Waals surface area contributed by atoms with Crippen LogP contribution in [0.1, 0.15) is 12.0 Å². The van der Waals surface area contributed by atoms with Gasteiger partial charge in [0, 0.05) is 44.1 Å². The third kappa shape index (κ3) is 4.86. The van der Waals surface area contributed by atoms with Gasteiger partial charge in [0.05, 0.1) is 6.54 Å². The average molecular weight is 430 g/mol. The van der Waals surface area contributed by atoms with Crippen molar-refractivity contribution in [3.05, 3.63) is 42.5 Å². The van der Waals surface area contributed by atoms with Gasteiger partial charge in [0.15, 0.2) is 11.5 Å². The molecule has 0 fully saturated rings. The predicted molar refractivity (Wildman–Crippen MR) is 112 cm³/mol. The molecule has 1 aromatic carbocycles. The van der Waals surface area contributed by atoms with E-state index >= 15 is 0 Å². The van der Waals surface area contributed by atoms with Crippen molar-refractivity contribution in [2.75, 3.05) is 38.4 Å². The fourth-order valence-electron chi connectivity index (χ4n) is 2.99. The molecule has 2 aromatic heterocycles. The molecule has 0 saturated heterocycles. The molecule has 0 atom stereocenters. The number of ether oxygens (including phenoxy) is 2. The van der Waals surface area contributed by atoms with Crippen molar-refractivity contribution in [1.29, 1.82) is 0 Å². The van der Waals surface area contributed by atoms with Crippen LogP contribution in [0.5, 0.6) is 11.5 Å². The van der Waals surface area contributed by atoms with Gasteiger partial charge in [0.1, 0.15) is 6.33 Å². The molecule has 0 radical (unpaired) electrons. The molecule has 2 N–H and O–H groups in total. The highest BCUT2D eigenvalue weighted by Gasteiger charge is 2.16. The van der Waals surface area contributed by atoms with E-state index in [1.165, 1.54) is 11.5 Å². The van der Waals surface area contributed by atoms with Crippen LogP contribution in [0.15, 0.2) is 36.9 Å². The lowest BCUT2D eigenvalue weighted by atomic mass is 10.2. The molecule has 0 unspecified atom stereocenters. The lowest BCUT2D eigenvalue weighted by Crippen LogP contribution is -2.37. The van der Waals surface area contributed by atoms with Crippen molar-refractivity contribution >= 4 is 22.6 Å². The van der Waals surface area contributed by atoms with Crippen molar-refractivity contribution in [3.8, 4) is 17.4 Å². The predicted octanol–water partition coefficient (Wildman–Crippen LogP) is 1.18. The summed E-state index contributed by atoms with van der Waals surface area (Å²) in [5, 5.41) is 6.80. The molecule has 0 saturated carbocycles. The summed E-state index contributed by atoms with van der Waals surface area (Å²) in [6.07, 6.45) is 5.96. The molecule has 0 spiro atoms. The van der Waals surface area contributed by atoms with E-state index in [0.29, 0.717) is 17.6 Å². The summed E-state index contributed by atoms with van der Waals surface area (Å²) in [4.78, 5) is 22.5. The number of nitrogens with zero attached hydrogens (tertiary/aromatic N) is 5. The van der Waals surface area contributed by atoms with Gasteiger partial charge in [0.25, 0.3) is 0 Å². The minimum atomic E-state index is -0.0669. The SMILES string of the molecule is CNC(=O)CN(CCCNCc1ccc2c(c1)OCO2)c1nc(-n2ccnc2)ns1. The zero-order valence-corrected chi connectivity index (χ0v) is 17.4. The van der Waals surface area contributed by atoms with Crippen molar-refractivity contribution in [3.63, 3.8) is 0 Å². The molecule has 1 aliphatic rings. The number of aromatic nitrogens is 4. The minimum absolute atomic E-state index is 0.0669. The van der Waals surface area contributed by atoms with Gasteiger partial charge >= 0.3 is 0 Å². The van der Waals surface area contributed by atoms with Crippen LogP contribution < -0.4 is 25.0 Å². The summed E-state index contributed by atoms with van der Waals surface area (Å²) in [5.74, 6) is 2.06. The van der Waals surface area contributed by atoms with Gasteiger partial charge in [-0.05, 0) is 30.7 Å². The van der Waals surface area contributed by atoms with Gasteiger partial charge in [-0.3, -0.25) is 9.36 Å². The second kappa shape index (κ2) is 9.55. The maximum absolute atomic E-state index is 11.9. The van der Waals surface area contributed by atoms with Gasteiger partial charge < -0.3 is 25.0 Å². The minimum Gasteiger partial charge on any atom is -0.454 e. The van der Waals surface area contributed by atoms with Crippen molar-refractivity contribution in [2.45, 2.75) is 13.0 Å². The van der Waals surface area contributed by atoms with Crippen molar-refractivity contribution in [1.82, 2.24) is 29.5 Å². The summed E-state index contributed by atoms with van der Waals surface area (Å²) < 4.78 is 16.9. The average Bonchev–Trinajstić information content (AvgIpc) is 3.53. The lowest BCUT2D eigenvalue weighted by Gasteiger charge is -2.20. The van der Waals surface area contributed by atoms with Crippen molar-refractivity contribution in [2.24, 2.45) is 0 Å². The molecule has 0 aliphatic carbocycles. The first-order valence-corrected chi connectivity index (χ1v) is 10.4. The molecule has 3 aromatic rings. The number of imidazole rings is 1. The number of anilines is 1. The van der Waals surface area contributed by atoms with Crippen LogP contribution in [0.4, 0.5) is 5.13 Å². The van der Waals surface area contributed by atoms with Crippen LogP contribution in [0.2, 0.25) is 0 Å². The van der Waals surface area contributed by atoms with Gasteiger partial charge in [-0.1, -0.05) is 6.07 Å². The summed E-state index contributed by atoms with van der Waals surface area (Å²) in [6.45, 7) is 2.72. The van der Waals surface area contributed by atoms with Crippen LogP contribution in [0.3, 0.4) is 0 Å². The molecule has 3 heterocycles. The number of fused-ring (bicyclic) bond motifs is 1. The van der Waals surface area contributed by atoms with E-state index in [2.05, 4.69) is 25.0 Å². The number of carbonyl (C=O) groups is 1. The normalized spacial score (nSPS) is 12.2. The Bertz CT molecular complexity index is 976. The first-order valence-electron chi connectivity index (χ1n) is 9.60. The van der Waals surface area contributed by atoms with Crippen LogP contribution in [0.25, 0.3) is 5.95 Å². The number of rotatable bonds is 10. The molecular weight excluding hydrogens is 406 g/mol. The molecule has 1 amide bonds. The molecule has 158 valence electrons. The topological polar surface area (TPSA) is 106 Å². The standard InChI is InChI=1S/C19H23N7O3S/c1-20-17(27)11-25(19-23-18(24-30-19)26-8-6-22-12-26)7-2-5-21-10-14-3-4-15-16(9-14)29-13-28-15/h3-4,6,8-9,12,21H,2,5,7,10-11,13H2,1H3,(H,20,27). The second-order valence-corrected chi connectivity index (χ2v) is 7.39. The molecule has 0 bridgehead atoms. The third-order valence-electron chi connectivity index (χ3n) is 4.57. The summed E-state index contributed by atoms with van der Waals surface area (Å²) >= 11 is 1.27. The highest BCUT2D eigenvalue weighted by Crippen LogP contribution is 2.32. The Morgan fingerprint density at radius 3 is 3.07 bits per heavy atom. The Balaban J connectivity index is 1.29. The van der Waals surface area contributed by atoms with E-state index in [1.54, 1.807) is 30.3 Å². The van der Waals surface area contributed by atoms with Crippen LogP contribution in [-0.4, -0.2) is 58.3 Å². The first kappa shape index (κ1) is 20.1. The van der Waals surface area contributed by atoms with Crippen LogP contribution in [-0.2, 0) is 11.3 Å². The molecule has 30 heavy (non-hydrogen) atoms. The Morgan fingerprint density at radius 1 is 1.33 bits per heavy atom. The zero-order chi connectivity index (χ0) is 20.8. The fourth-order valence-corrected chi connectivity index (χ4v) is 3.68. The number of likely N-dealkylation sites (N-methyl/N-ethyl adjacent to an activating group) is 1. The molecule has 1 aliphatic heterocycles. The smallest absolute Gasteiger partial charge is 0.248 e. The first-order chi connectivity index (χ1) is 14.7.